The van der Waals surface area contributed by atoms with E-state index in [0.717, 1.165) is 31.2 Å². The molecule has 8 heteroatoms. The predicted molar refractivity (Wildman–Crippen MR) is 87.9 cm³/mol. The van der Waals surface area contributed by atoms with E-state index in [0.29, 0.717) is 32.5 Å². The quantitative estimate of drug-likeness (QED) is 0.717. The van der Waals surface area contributed by atoms with Crippen LogP contribution in [0.2, 0.25) is 0 Å². The van der Waals surface area contributed by atoms with Crippen LogP contribution >= 0.6 is 0 Å². The van der Waals surface area contributed by atoms with Crippen LogP contribution in [0.5, 0.6) is 0 Å². The second-order valence-corrected chi connectivity index (χ2v) is 6.49. The van der Waals surface area contributed by atoms with Gasteiger partial charge in [0, 0.05) is 38.1 Å². The van der Waals surface area contributed by atoms with Crippen molar-refractivity contribution in [3.05, 3.63) is 35.4 Å². The average Bonchev–Trinajstić information content (AvgIpc) is 3.15. The van der Waals surface area contributed by atoms with Crippen molar-refractivity contribution >= 4 is 11.8 Å². The van der Waals surface area contributed by atoms with Gasteiger partial charge in [0.15, 0.2) is 5.78 Å². The Morgan fingerprint density at radius 3 is 2.64 bits per heavy atom. The number of likely N-dealkylation sites (tertiary alicyclic amines) is 1. The minimum Gasteiger partial charge on any atom is -0.336 e. The Morgan fingerprint density at radius 2 is 1.96 bits per heavy atom. The van der Waals surface area contributed by atoms with Crippen LogP contribution in [0.25, 0.3) is 0 Å². The Morgan fingerprint density at radius 1 is 1.20 bits per heavy atom. The molecule has 2 fully saturated rings. The molecule has 0 spiro atoms. The fourth-order valence-corrected chi connectivity index (χ4v) is 3.26. The van der Waals surface area contributed by atoms with Crippen LogP contribution in [0, 0.1) is 17.6 Å². The molecule has 0 saturated carbocycles. The maximum Gasteiger partial charge on any atom is 0.317 e. The van der Waals surface area contributed by atoms with E-state index in [1.54, 1.807) is 4.90 Å². The fraction of sp³-hybridized carbons (Fsp3) is 0.529. The van der Waals surface area contributed by atoms with E-state index in [1.807, 2.05) is 0 Å². The zero-order chi connectivity index (χ0) is 17.8. The highest BCUT2D eigenvalue weighted by Crippen LogP contribution is 2.23. The lowest BCUT2D eigenvalue weighted by Crippen LogP contribution is -2.48. The van der Waals surface area contributed by atoms with Crippen LogP contribution < -0.4 is 16.2 Å². The summed E-state index contributed by atoms with van der Waals surface area (Å²) >= 11 is 0. The van der Waals surface area contributed by atoms with Gasteiger partial charge in [0.25, 0.3) is 0 Å². The molecule has 2 aliphatic rings. The highest BCUT2D eigenvalue weighted by atomic mass is 19.1. The van der Waals surface area contributed by atoms with Gasteiger partial charge in [0.2, 0.25) is 0 Å². The smallest absolute Gasteiger partial charge is 0.317 e. The van der Waals surface area contributed by atoms with Gasteiger partial charge in [0.05, 0.1) is 5.56 Å². The SMILES string of the molecule is O=C(c1cc(F)ccc1F)C1CCN(C(=O)NCC2CCNN2)CC1. The third-order valence-electron chi connectivity index (χ3n) is 4.77. The maximum absolute atomic E-state index is 13.8. The number of urea groups is 1. The Labute approximate surface area is 144 Å². The molecule has 1 unspecified atom stereocenters. The van der Waals surface area contributed by atoms with Gasteiger partial charge in [-0.05, 0) is 37.5 Å². The molecule has 1 aromatic carbocycles. The van der Waals surface area contributed by atoms with E-state index in [9.17, 15) is 18.4 Å². The van der Waals surface area contributed by atoms with Crippen molar-refractivity contribution in [2.45, 2.75) is 25.3 Å². The van der Waals surface area contributed by atoms with Gasteiger partial charge < -0.3 is 10.2 Å². The number of ketones is 1. The number of rotatable bonds is 4. The lowest BCUT2D eigenvalue weighted by molar-refractivity contribution is 0.0849. The van der Waals surface area contributed by atoms with E-state index >= 15 is 0 Å². The molecule has 0 aliphatic carbocycles. The van der Waals surface area contributed by atoms with Gasteiger partial charge in [-0.15, -0.1) is 0 Å². The standard InChI is InChI=1S/C17H22F2N4O2/c18-12-1-2-15(19)14(9-12)16(24)11-4-7-23(8-5-11)17(25)20-10-13-3-6-21-22-13/h1-2,9,11,13,21-22H,3-8,10H2,(H,20,25). The van der Waals surface area contributed by atoms with Crippen molar-refractivity contribution in [2.75, 3.05) is 26.2 Å². The summed E-state index contributed by atoms with van der Waals surface area (Å²) in [5.41, 5.74) is 5.87. The number of piperidine rings is 1. The van der Waals surface area contributed by atoms with E-state index in [2.05, 4.69) is 16.2 Å². The van der Waals surface area contributed by atoms with E-state index in [-0.39, 0.29) is 23.6 Å². The number of halogens is 2. The summed E-state index contributed by atoms with van der Waals surface area (Å²) in [4.78, 5) is 26.2. The Hall–Kier alpha value is -2.06. The summed E-state index contributed by atoms with van der Waals surface area (Å²) < 4.78 is 27.0. The summed E-state index contributed by atoms with van der Waals surface area (Å²) in [6, 6.07) is 2.97. The summed E-state index contributed by atoms with van der Waals surface area (Å²) in [6.07, 6.45) is 1.85. The molecule has 2 saturated heterocycles. The highest BCUT2D eigenvalue weighted by Gasteiger charge is 2.29. The molecule has 0 aromatic heterocycles. The monoisotopic (exact) mass is 352 g/mol. The molecule has 3 rings (SSSR count). The molecule has 3 N–H and O–H groups in total. The van der Waals surface area contributed by atoms with Gasteiger partial charge in [-0.25, -0.2) is 13.6 Å². The number of carbonyl (C=O) groups excluding carboxylic acids is 2. The third kappa shape index (κ3) is 4.32. The molecular formula is C17H22F2N4O2. The van der Waals surface area contributed by atoms with Gasteiger partial charge in [-0.3, -0.25) is 15.6 Å². The predicted octanol–water partition coefficient (Wildman–Crippen LogP) is 1.44. The molecule has 2 amide bonds. The minimum absolute atomic E-state index is 0.156. The Bertz CT molecular complexity index is 642. The summed E-state index contributed by atoms with van der Waals surface area (Å²) in [5.74, 6) is -2.11. The lowest BCUT2D eigenvalue weighted by Gasteiger charge is -2.31. The summed E-state index contributed by atoms with van der Waals surface area (Å²) in [5, 5.41) is 2.88. The summed E-state index contributed by atoms with van der Waals surface area (Å²) in [6.45, 7) is 2.27. The Balaban J connectivity index is 1.50. The van der Waals surface area contributed by atoms with Crippen LogP contribution in [0.4, 0.5) is 13.6 Å². The van der Waals surface area contributed by atoms with Crippen LogP contribution in [0.15, 0.2) is 18.2 Å². The van der Waals surface area contributed by atoms with Crippen molar-refractivity contribution in [1.29, 1.82) is 0 Å². The third-order valence-corrected chi connectivity index (χ3v) is 4.77. The maximum atomic E-state index is 13.8. The van der Waals surface area contributed by atoms with Crippen molar-refractivity contribution < 1.29 is 18.4 Å². The number of Topliss-reactive ketones (excluding diaryl/α,β-unsaturated/α-hetero) is 1. The average molecular weight is 352 g/mol. The first kappa shape index (κ1) is 17.8. The van der Waals surface area contributed by atoms with Crippen molar-refractivity contribution in [3.8, 4) is 0 Å². The number of nitrogens with zero attached hydrogens (tertiary/aromatic N) is 1. The number of hydrogen-bond donors (Lipinski definition) is 3. The molecule has 2 heterocycles. The van der Waals surface area contributed by atoms with Crippen LogP contribution in [0.3, 0.4) is 0 Å². The van der Waals surface area contributed by atoms with E-state index < -0.39 is 17.4 Å². The topological polar surface area (TPSA) is 73.5 Å². The molecule has 25 heavy (non-hydrogen) atoms. The van der Waals surface area contributed by atoms with Crippen molar-refractivity contribution in [3.63, 3.8) is 0 Å². The highest BCUT2D eigenvalue weighted by molar-refractivity contribution is 5.98. The molecular weight excluding hydrogens is 330 g/mol. The molecule has 6 nitrogen and oxygen atoms in total. The van der Waals surface area contributed by atoms with Gasteiger partial charge in [0.1, 0.15) is 11.6 Å². The minimum atomic E-state index is -0.704. The number of benzene rings is 1. The largest absolute Gasteiger partial charge is 0.336 e. The first-order chi connectivity index (χ1) is 12.0. The number of hydrogen-bond acceptors (Lipinski definition) is 4. The van der Waals surface area contributed by atoms with E-state index in [4.69, 9.17) is 0 Å². The second kappa shape index (κ2) is 7.88. The number of carbonyl (C=O) groups is 2. The van der Waals surface area contributed by atoms with Crippen molar-refractivity contribution in [1.82, 2.24) is 21.1 Å². The molecule has 136 valence electrons. The van der Waals surface area contributed by atoms with Gasteiger partial charge >= 0.3 is 6.03 Å². The number of amides is 2. The fourth-order valence-electron chi connectivity index (χ4n) is 3.26. The number of hydrazine groups is 1. The first-order valence-corrected chi connectivity index (χ1v) is 8.55. The summed E-state index contributed by atoms with van der Waals surface area (Å²) in [7, 11) is 0. The molecule has 0 bridgehead atoms. The zero-order valence-corrected chi connectivity index (χ0v) is 13.9. The number of nitrogens with one attached hydrogen (secondary N) is 3. The van der Waals surface area contributed by atoms with Gasteiger partial charge in [-0.1, -0.05) is 0 Å². The molecule has 1 aromatic rings. The molecule has 1 atom stereocenters. The van der Waals surface area contributed by atoms with Crippen LogP contribution in [-0.2, 0) is 0 Å². The molecule has 0 radical (unpaired) electrons. The van der Waals surface area contributed by atoms with Crippen LogP contribution in [-0.4, -0.2) is 48.9 Å². The molecule has 2 aliphatic heterocycles. The Kier molecular flexibility index (Phi) is 5.60. The van der Waals surface area contributed by atoms with E-state index in [1.165, 1.54) is 0 Å². The normalized spacial score (nSPS) is 21.4. The first-order valence-electron chi connectivity index (χ1n) is 8.55. The second-order valence-electron chi connectivity index (χ2n) is 6.49. The van der Waals surface area contributed by atoms with Crippen LogP contribution in [0.1, 0.15) is 29.6 Å². The zero-order valence-electron chi connectivity index (χ0n) is 13.9. The lowest BCUT2D eigenvalue weighted by atomic mass is 9.88. The van der Waals surface area contributed by atoms with Crippen molar-refractivity contribution in [2.24, 2.45) is 5.92 Å². The van der Waals surface area contributed by atoms with Gasteiger partial charge in [-0.2, -0.15) is 0 Å².